The fourth-order valence-corrected chi connectivity index (χ4v) is 2.80. The molecule has 0 saturated carbocycles. The SMILES string of the molecule is CNC(=O)c1cc(-c2n[nH]c3ccnc(OC(C)C)c23)cn1C(C)C. The molecule has 0 radical (unpaired) electrons. The van der Waals surface area contributed by atoms with E-state index >= 15 is 0 Å². The number of nitrogens with zero attached hydrogens (tertiary/aromatic N) is 3. The van der Waals surface area contributed by atoms with Gasteiger partial charge in [0.1, 0.15) is 11.4 Å². The summed E-state index contributed by atoms with van der Waals surface area (Å²) in [6, 6.07) is 3.86. The highest BCUT2D eigenvalue weighted by atomic mass is 16.5. The van der Waals surface area contributed by atoms with Crippen molar-refractivity contribution >= 4 is 16.8 Å². The van der Waals surface area contributed by atoms with Gasteiger partial charge in [0.05, 0.1) is 17.0 Å². The van der Waals surface area contributed by atoms with Crippen LogP contribution in [0, 0.1) is 0 Å². The molecule has 3 aromatic rings. The lowest BCUT2D eigenvalue weighted by molar-refractivity contribution is 0.0952. The van der Waals surface area contributed by atoms with Crippen molar-refractivity contribution in [3.8, 4) is 17.1 Å². The molecular weight excluding hydrogens is 318 g/mol. The second kappa shape index (κ2) is 6.58. The third-order valence-electron chi connectivity index (χ3n) is 3.93. The Balaban J connectivity index is 2.18. The van der Waals surface area contributed by atoms with Crippen LogP contribution in [-0.2, 0) is 0 Å². The van der Waals surface area contributed by atoms with Crippen LogP contribution in [0.4, 0.5) is 0 Å². The molecule has 25 heavy (non-hydrogen) atoms. The van der Waals surface area contributed by atoms with E-state index in [1.165, 1.54) is 0 Å². The van der Waals surface area contributed by atoms with Crippen molar-refractivity contribution in [2.75, 3.05) is 7.05 Å². The first-order valence-electron chi connectivity index (χ1n) is 8.36. The predicted octanol–water partition coefficient (Wildman–Crippen LogP) is 3.15. The number of carbonyl (C=O) groups excluding carboxylic acids is 1. The van der Waals surface area contributed by atoms with Crippen molar-refractivity contribution < 1.29 is 9.53 Å². The Kier molecular flexibility index (Phi) is 4.48. The van der Waals surface area contributed by atoms with E-state index in [0.717, 1.165) is 22.2 Å². The summed E-state index contributed by atoms with van der Waals surface area (Å²) in [5.41, 5.74) is 3.02. The van der Waals surface area contributed by atoms with Gasteiger partial charge in [0, 0.05) is 31.0 Å². The maximum Gasteiger partial charge on any atom is 0.267 e. The number of ether oxygens (including phenoxy) is 1. The maximum absolute atomic E-state index is 12.2. The van der Waals surface area contributed by atoms with Crippen LogP contribution in [0.25, 0.3) is 22.2 Å². The van der Waals surface area contributed by atoms with Crippen LogP contribution in [0.2, 0.25) is 0 Å². The summed E-state index contributed by atoms with van der Waals surface area (Å²) >= 11 is 0. The molecule has 3 heterocycles. The first-order chi connectivity index (χ1) is 11.9. The van der Waals surface area contributed by atoms with E-state index in [4.69, 9.17) is 4.74 Å². The second-order valence-electron chi connectivity index (χ2n) is 6.47. The Hall–Kier alpha value is -2.83. The molecule has 132 valence electrons. The van der Waals surface area contributed by atoms with Gasteiger partial charge in [-0.1, -0.05) is 0 Å². The molecule has 7 nitrogen and oxygen atoms in total. The summed E-state index contributed by atoms with van der Waals surface area (Å²) in [6.07, 6.45) is 3.64. The van der Waals surface area contributed by atoms with Crippen LogP contribution in [-0.4, -0.2) is 38.8 Å². The Morgan fingerprint density at radius 2 is 2.08 bits per heavy atom. The van der Waals surface area contributed by atoms with E-state index < -0.39 is 0 Å². The van der Waals surface area contributed by atoms with Gasteiger partial charge in [0.2, 0.25) is 5.88 Å². The molecule has 0 fully saturated rings. The summed E-state index contributed by atoms with van der Waals surface area (Å²) in [7, 11) is 1.63. The average Bonchev–Trinajstić information content (AvgIpc) is 3.18. The molecule has 0 atom stereocenters. The molecule has 0 spiro atoms. The highest BCUT2D eigenvalue weighted by molar-refractivity contribution is 5.99. The predicted molar refractivity (Wildman–Crippen MR) is 96.9 cm³/mol. The van der Waals surface area contributed by atoms with Gasteiger partial charge in [0.25, 0.3) is 5.91 Å². The summed E-state index contributed by atoms with van der Waals surface area (Å²) in [4.78, 5) is 16.6. The molecular formula is C18H23N5O2. The summed E-state index contributed by atoms with van der Waals surface area (Å²) in [6.45, 7) is 7.99. The molecule has 7 heteroatoms. The van der Waals surface area contributed by atoms with Gasteiger partial charge < -0.3 is 14.6 Å². The third-order valence-corrected chi connectivity index (χ3v) is 3.93. The molecule has 3 rings (SSSR count). The van der Waals surface area contributed by atoms with Crippen molar-refractivity contribution in [2.24, 2.45) is 0 Å². The Morgan fingerprint density at radius 1 is 1.32 bits per heavy atom. The Morgan fingerprint density at radius 3 is 2.72 bits per heavy atom. The van der Waals surface area contributed by atoms with Gasteiger partial charge in [-0.05, 0) is 39.8 Å². The van der Waals surface area contributed by atoms with E-state index in [0.29, 0.717) is 11.6 Å². The number of hydrogen-bond donors (Lipinski definition) is 2. The van der Waals surface area contributed by atoms with Crippen molar-refractivity contribution in [2.45, 2.75) is 39.8 Å². The van der Waals surface area contributed by atoms with Gasteiger partial charge in [-0.2, -0.15) is 5.10 Å². The van der Waals surface area contributed by atoms with E-state index in [1.807, 2.05) is 50.6 Å². The minimum absolute atomic E-state index is 0.00235. The van der Waals surface area contributed by atoms with Gasteiger partial charge in [0.15, 0.2) is 0 Å². The summed E-state index contributed by atoms with van der Waals surface area (Å²) in [5, 5.41) is 11.0. The number of carbonyl (C=O) groups is 1. The highest BCUT2D eigenvalue weighted by Gasteiger charge is 2.20. The number of aromatic amines is 1. The number of nitrogens with one attached hydrogen (secondary N) is 2. The van der Waals surface area contributed by atoms with Gasteiger partial charge >= 0.3 is 0 Å². The van der Waals surface area contributed by atoms with Crippen LogP contribution in [0.5, 0.6) is 5.88 Å². The number of amides is 1. The fraction of sp³-hybridized carbons (Fsp3) is 0.389. The fourth-order valence-electron chi connectivity index (χ4n) is 2.80. The van der Waals surface area contributed by atoms with Crippen LogP contribution >= 0.6 is 0 Å². The van der Waals surface area contributed by atoms with E-state index in [1.54, 1.807) is 13.2 Å². The second-order valence-corrected chi connectivity index (χ2v) is 6.47. The topological polar surface area (TPSA) is 84.8 Å². The quantitative estimate of drug-likeness (QED) is 0.746. The lowest BCUT2D eigenvalue weighted by Gasteiger charge is -2.11. The lowest BCUT2D eigenvalue weighted by Crippen LogP contribution is -2.22. The van der Waals surface area contributed by atoms with E-state index in [9.17, 15) is 4.79 Å². The number of aromatic nitrogens is 4. The van der Waals surface area contributed by atoms with Crippen LogP contribution in [0.3, 0.4) is 0 Å². The molecule has 0 aliphatic carbocycles. The summed E-state index contributed by atoms with van der Waals surface area (Å²) in [5.74, 6) is 0.409. The van der Waals surface area contributed by atoms with Crippen LogP contribution in [0.15, 0.2) is 24.5 Å². The zero-order chi connectivity index (χ0) is 18.1. The molecule has 0 aromatic carbocycles. The minimum atomic E-state index is -0.128. The molecule has 0 bridgehead atoms. The molecule has 0 saturated heterocycles. The maximum atomic E-state index is 12.2. The number of rotatable bonds is 5. The molecule has 2 N–H and O–H groups in total. The van der Waals surface area contributed by atoms with E-state index in [-0.39, 0.29) is 18.1 Å². The first kappa shape index (κ1) is 17.0. The Bertz CT molecular complexity index is 907. The lowest BCUT2D eigenvalue weighted by atomic mass is 10.1. The number of H-pyrrole nitrogens is 1. The van der Waals surface area contributed by atoms with Gasteiger partial charge in [-0.25, -0.2) is 4.98 Å². The third kappa shape index (κ3) is 3.09. The molecule has 0 aliphatic heterocycles. The number of fused-ring (bicyclic) bond motifs is 1. The Labute approximate surface area is 146 Å². The zero-order valence-corrected chi connectivity index (χ0v) is 15.1. The summed E-state index contributed by atoms with van der Waals surface area (Å²) < 4.78 is 7.78. The van der Waals surface area contributed by atoms with Crippen LogP contribution < -0.4 is 10.1 Å². The van der Waals surface area contributed by atoms with E-state index in [2.05, 4.69) is 20.5 Å². The minimum Gasteiger partial charge on any atom is -0.474 e. The first-order valence-corrected chi connectivity index (χ1v) is 8.36. The average molecular weight is 341 g/mol. The number of pyridine rings is 1. The zero-order valence-electron chi connectivity index (χ0n) is 15.1. The molecule has 3 aromatic heterocycles. The van der Waals surface area contributed by atoms with Crippen molar-refractivity contribution in [3.63, 3.8) is 0 Å². The van der Waals surface area contributed by atoms with Crippen molar-refractivity contribution in [1.82, 2.24) is 25.1 Å². The molecule has 0 unspecified atom stereocenters. The smallest absolute Gasteiger partial charge is 0.267 e. The van der Waals surface area contributed by atoms with Crippen molar-refractivity contribution in [1.29, 1.82) is 0 Å². The van der Waals surface area contributed by atoms with Gasteiger partial charge in [-0.3, -0.25) is 9.89 Å². The standard InChI is InChI=1S/C18H23N5O2/c1-10(2)23-9-12(8-14(23)17(24)19-5)16-15-13(21-22-16)6-7-20-18(15)25-11(3)4/h6-11H,1-5H3,(H,19,24)(H,21,22). The largest absolute Gasteiger partial charge is 0.474 e. The number of hydrogen-bond acceptors (Lipinski definition) is 4. The van der Waals surface area contributed by atoms with Gasteiger partial charge in [-0.15, -0.1) is 0 Å². The highest BCUT2D eigenvalue weighted by Crippen LogP contribution is 2.34. The molecule has 0 aliphatic rings. The monoisotopic (exact) mass is 341 g/mol. The van der Waals surface area contributed by atoms with Crippen LogP contribution in [0.1, 0.15) is 44.2 Å². The normalized spacial score (nSPS) is 11.5. The van der Waals surface area contributed by atoms with Crippen molar-refractivity contribution in [3.05, 3.63) is 30.2 Å². The molecule has 1 amide bonds.